The average molecular weight is 219 g/mol. The van der Waals surface area contributed by atoms with E-state index in [1.807, 2.05) is 12.1 Å². The molecule has 2 rings (SSSR count). The van der Waals surface area contributed by atoms with Crippen molar-refractivity contribution in [3.05, 3.63) is 24.0 Å². The average Bonchev–Trinajstić information content (AvgIpc) is 2.76. The van der Waals surface area contributed by atoms with Crippen LogP contribution in [0.15, 0.2) is 18.3 Å². The van der Waals surface area contributed by atoms with E-state index in [0.717, 1.165) is 30.4 Å². The Morgan fingerprint density at radius 2 is 2.38 bits per heavy atom. The fourth-order valence-electron chi connectivity index (χ4n) is 2.49. The van der Waals surface area contributed by atoms with Crippen LogP contribution in [0.5, 0.6) is 0 Å². The van der Waals surface area contributed by atoms with Crippen LogP contribution >= 0.6 is 0 Å². The fraction of sp³-hybridized carbons (Fsp3) is 0.615. The Balaban J connectivity index is 1.85. The molecule has 1 aromatic heterocycles. The van der Waals surface area contributed by atoms with Gasteiger partial charge in [-0.3, -0.25) is 4.98 Å². The number of anilines is 1. The number of pyridine rings is 1. The number of hydrogen-bond donors (Lipinski definition) is 1. The summed E-state index contributed by atoms with van der Waals surface area (Å²) in [7, 11) is 0. The van der Waals surface area contributed by atoms with E-state index in [1.165, 1.54) is 25.8 Å². The monoisotopic (exact) mass is 219 g/mol. The summed E-state index contributed by atoms with van der Waals surface area (Å²) in [5, 5.41) is 0. The van der Waals surface area contributed by atoms with Crippen molar-refractivity contribution in [2.45, 2.75) is 38.6 Å². The van der Waals surface area contributed by atoms with E-state index in [0.29, 0.717) is 0 Å². The van der Waals surface area contributed by atoms with Crippen LogP contribution in [0.4, 0.5) is 5.69 Å². The first-order chi connectivity index (χ1) is 7.79. The van der Waals surface area contributed by atoms with Crippen molar-refractivity contribution < 1.29 is 0 Å². The number of nitrogen functional groups attached to an aromatic ring is 1. The topological polar surface area (TPSA) is 42.1 Å². The molecular weight excluding hydrogens is 198 g/mol. The smallest absolute Gasteiger partial charge is 0.0501 e. The Labute approximate surface area is 97.7 Å². The molecule has 1 saturated heterocycles. The lowest BCUT2D eigenvalue weighted by atomic mass is 10.1. The van der Waals surface area contributed by atoms with E-state index in [2.05, 4.69) is 16.8 Å². The minimum atomic E-state index is 0.747. The van der Waals surface area contributed by atoms with Crippen LogP contribution in [-0.2, 0) is 6.42 Å². The molecule has 0 bridgehead atoms. The van der Waals surface area contributed by atoms with Crippen molar-refractivity contribution in [1.82, 2.24) is 9.88 Å². The molecule has 1 fully saturated rings. The molecule has 88 valence electrons. The maximum atomic E-state index is 5.62. The third-order valence-electron chi connectivity index (χ3n) is 3.47. The van der Waals surface area contributed by atoms with Gasteiger partial charge in [-0.2, -0.15) is 0 Å². The lowest BCUT2D eigenvalue weighted by molar-refractivity contribution is 0.251. The number of rotatable bonds is 4. The van der Waals surface area contributed by atoms with Crippen molar-refractivity contribution >= 4 is 5.69 Å². The van der Waals surface area contributed by atoms with Gasteiger partial charge in [0.05, 0.1) is 11.9 Å². The lowest BCUT2D eigenvalue weighted by Gasteiger charge is -2.22. The first-order valence-corrected chi connectivity index (χ1v) is 6.24. The number of nitrogens with zero attached hydrogens (tertiary/aromatic N) is 2. The minimum absolute atomic E-state index is 0.747. The highest BCUT2D eigenvalue weighted by molar-refractivity contribution is 5.34. The molecule has 3 heteroatoms. The Morgan fingerprint density at radius 3 is 3.06 bits per heavy atom. The Morgan fingerprint density at radius 1 is 1.50 bits per heavy atom. The zero-order chi connectivity index (χ0) is 11.4. The molecule has 2 N–H and O–H groups in total. The maximum Gasteiger partial charge on any atom is 0.0501 e. The van der Waals surface area contributed by atoms with Crippen LogP contribution in [0.25, 0.3) is 0 Å². The third-order valence-corrected chi connectivity index (χ3v) is 3.47. The molecule has 0 aromatic carbocycles. The van der Waals surface area contributed by atoms with Crippen LogP contribution < -0.4 is 5.73 Å². The summed E-state index contributed by atoms with van der Waals surface area (Å²) >= 11 is 0. The van der Waals surface area contributed by atoms with Crippen LogP contribution in [0.2, 0.25) is 0 Å². The number of hydrogen-bond acceptors (Lipinski definition) is 3. The van der Waals surface area contributed by atoms with Crippen LogP contribution in [0.3, 0.4) is 0 Å². The zero-order valence-electron chi connectivity index (χ0n) is 10.0. The highest BCUT2D eigenvalue weighted by Gasteiger charge is 2.21. The van der Waals surface area contributed by atoms with Gasteiger partial charge in [-0.1, -0.05) is 6.92 Å². The minimum Gasteiger partial charge on any atom is -0.397 e. The molecule has 1 aliphatic heterocycles. The van der Waals surface area contributed by atoms with Crippen molar-refractivity contribution in [2.24, 2.45) is 0 Å². The SMILES string of the molecule is CCC1CCCN1CCc1ccc(N)cn1. The summed E-state index contributed by atoms with van der Waals surface area (Å²) in [6.07, 6.45) is 6.78. The molecule has 1 aromatic rings. The summed E-state index contributed by atoms with van der Waals surface area (Å²) < 4.78 is 0. The van der Waals surface area contributed by atoms with Crippen molar-refractivity contribution in [3.8, 4) is 0 Å². The Hall–Kier alpha value is -1.09. The quantitative estimate of drug-likeness (QED) is 0.843. The highest BCUT2D eigenvalue weighted by Crippen LogP contribution is 2.19. The van der Waals surface area contributed by atoms with Gasteiger partial charge >= 0.3 is 0 Å². The van der Waals surface area contributed by atoms with E-state index in [-0.39, 0.29) is 0 Å². The van der Waals surface area contributed by atoms with E-state index in [9.17, 15) is 0 Å². The van der Waals surface area contributed by atoms with E-state index < -0.39 is 0 Å². The summed E-state index contributed by atoms with van der Waals surface area (Å²) in [6.45, 7) is 4.67. The fourth-order valence-corrected chi connectivity index (χ4v) is 2.49. The highest BCUT2D eigenvalue weighted by atomic mass is 15.2. The van der Waals surface area contributed by atoms with Crippen molar-refractivity contribution in [2.75, 3.05) is 18.8 Å². The standard InChI is InChI=1S/C13H21N3/c1-2-13-4-3-8-16(13)9-7-12-6-5-11(14)10-15-12/h5-6,10,13H,2-4,7-9,14H2,1H3. The summed E-state index contributed by atoms with van der Waals surface area (Å²) in [5.41, 5.74) is 7.51. The Kier molecular flexibility index (Phi) is 3.78. The van der Waals surface area contributed by atoms with Gasteiger partial charge in [-0.05, 0) is 37.9 Å². The van der Waals surface area contributed by atoms with Gasteiger partial charge in [0.15, 0.2) is 0 Å². The lowest BCUT2D eigenvalue weighted by Crippen LogP contribution is -2.30. The molecule has 1 atom stereocenters. The number of likely N-dealkylation sites (tertiary alicyclic amines) is 1. The van der Waals surface area contributed by atoms with E-state index in [1.54, 1.807) is 6.20 Å². The van der Waals surface area contributed by atoms with E-state index >= 15 is 0 Å². The molecule has 0 amide bonds. The molecule has 16 heavy (non-hydrogen) atoms. The maximum absolute atomic E-state index is 5.62. The molecule has 1 aliphatic rings. The predicted molar refractivity (Wildman–Crippen MR) is 67.2 cm³/mol. The molecule has 0 radical (unpaired) electrons. The second-order valence-electron chi connectivity index (χ2n) is 4.57. The molecule has 2 heterocycles. The van der Waals surface area contributed by atoms with Gasteiger partial charge in [-0.15, -0.1) is 0 Å². The van der Waals surface area contributed by atoms with Crippen LogP contribution in [0.1, 0.15) is 31.9 Å². The molecule has 0 spiro atoms. The van der Waals surface area contributed by atoms with Gasteiger partial charge in [0.2, 0.25) is 0 Å². The van der Waals surface area contributed by atoms with Gasteiger partial charge in [0, 0.05) is 24.7 Å². The first kappa shape index (κ1) is 11.4. The number of nitrogens with two attached hydrogens (primary N) is 1. The van der Waals surface area contributed by atoms with E-state index in [4.69, 9.17) is 5.73 Å². The molecule has 3 nitrogen and oxygen atoms in total. The van der Waals surface area contributed by atoms with Gasteiger partial charge in [-0.25, -0.2) is 0 Å². The van der Waals surface area contributed by atoms with Gasteiger partial charge in [0.25, 0.3) is 0 Å². The van der Waals surface area contributed by atoms with Crippen molar-refractivity contribution in [1.29, 1.82) is 0 Å². The first-order valence-electron chi connectivity index (χ1n) is 6.24. The Bertz CT molecular complexity index is 320. The molecule has 0 aliphatic carbocycles. The zero-order valence-corrected chi connectivity index (χ0v) is 10.0. The van der Waals surface area contributed by atoms with Crippen molar-refractivity contribution in [3.63, 3.8) is 0 Å². The summed E-state index contributed by atoms with van der Waals surface area (Å²) in [4.78, 5) is 6.93. The second-order valence-corrected chi connectivity index (χ2v) is 4.57. The second kappa shape index (κ2) is 5.30. The van der Waals surface area contributed by atoms with Crippen LogP contribution in [-0.4, -0.2) is 29.0 Å². The largest absolute Gasteiger partial charge is 0.397 e. The molecular formula is C13H21N3. The van der Waals surface area contributed by atoms with Crippen LogP contribution in [0, 0.1) is 0 Å². The van der Waals surface area contributed by atoms with Gasteiger partial charge in [0.1, 0.15) is 0 Å². The normalized spacial score (nSPS) is 21.4. The number of aromatic nitrogens is 1. The molecule has 1 unspecified atom stereocenters. The molecule has 0 saturated carbocycles. The van der Waals surface area contributed by atoms with Gasteiger partial charge < -0.3 is 10.6 Å². The predicted octanol–water partition coefficient (Wildman–Crippen LogP) is 2.08. The summed E-state index contributed by atoms with van der Waals surface area (Å²) in [5.74, 6) is 0. The third kappa shape index (κ3) is 2.73. The summed E-state index contributed by atoms with van der Waals surface area (Å²) in [6, 6.07) is 4.77.